The molecule has 0 aliphatic rings. The number of amides is 1. The average molecular weight is 276 g/mol. The largest absolute Gasteiger partial charge is 0.345 e. The van der Waals surface area contributed by atoms with E-state index in [1.54, 1.807) is 4.90 Å². The lowest BCUT2D eigenvalue weighted by Crippen LogP contribution is -2.41. The van der Waals surface area contributed by atoms with Crippen molar-refractivity contribution >= 4 is 5.91 Å². The first-order chi connectivity index (χ1) is 9.36. The van der Waals surface area contributed by atoms with Gasteiger partial charge in [0.2, 0.25) is 5.91 Å². The number of rotatable bonds is 7. The highest BCUT2D eigenvalue weighted by Gasteiger charge is 2.23. The predicted octanol–water partition coefficient (Wildman–Crippen LogP) is 2.81. The summed E-state index contributed by atoms with van der Waals surface area (Å²) in [6, 6.07) is 10.8. The van der Waals surface area contributed by atoms with E-state index in [4.69, 9.17) is 0 Å². The Hall–Kier alpha value is -1.35. The SMILES string of the molecule is CCN(C)C(=O)CNC(C)CC(C)(C)c1ccccc1. The Labute approximate surface area is 123 Å². The summed E-state index contributed by atoms with van der Waals surface area (Å²) in [5, 5.41) is 3.33. The van der Waals surface area contributed by atoms with Crippen LogP contribution in [0.2, 0.25) is 0 Å². The number of hydrogen-bond acceptors (Lipinski definition) is 2. The first kappa shape index (κ1) is 16.7. The van der Waals surface area contributed by atoms with E-state index in [1.165, 1.54) is 5.56 Å². The summed E-state index contributed by atoms with van der Waals surface area (Å²) in [6.07, 6.45) is 1.00. The standard InChI is InChI=1S/C17H28N2O/c1-6-19(5)16(20)13-18-14(2)12-17(3,4)15-10-8-7-9-11-15/h7-11,14,18H,6,12-13H2,1-5H3. The molecule has 1 atom stereocenters. The van der Waals surface area contributed by atoms with Gasteiger partial charge in [0.05, 0.1) is 6.54 Å². The topological polar surface area (TPSA) is 32.3 Å². The van der Waals surface area contributed by atoms with E-state index in [2.05, 4.69) is 50.4 Å². The van der Waals surface area contributed by atoms with E-state index in [-0.39, 0.29) is 11.3 Å². The molecule has 0 aromatic heterocycles. The summed E-state index contributed by atoms with van der Waals surface area (Å²) in [6.45, 7) is 9.80. The Balaban J connectivity index is 2.49. The van der Waals surface area contributed by atoms with Crippen molar-refractivity contribution in [2.45, 2.75) is 45.6 Å². The summed E-state index contributed by atoms with van der Waals surface area (Å²) in [7, 11) is 1.84. The normalized spacial score (nSPS) is 13.1. The van der Waals surface area contributed by atoms with E-state index in [9.17, 15) is 4.79 Å². The number of likely N-dealkylation sites (N-methyl/N-ethyl adjacent to an activating group) is 1. The van der Waals surface area contributed by atoms with Gasteiger partial charge in [-0.05, 0) is 31.2 Å². The second-order valence-corrected chi connectivity index (χ2v) is 6.14. The van der Waals surface area contributed by atoms with Crippen molar-refractivity contribution in [2.75, 3.05) is 20.1 Å². The summed E-state index contributed by atoms with van der Waals surface area (Å²) < 4.78 is 0. The molecule has 1 unspecified atom stereocenters. The van der Waals surface area contributed by atoms with Crippen LogP contribution in [0.3, 0.4) is 0 Å². The van der Waals surface area contributed by atoms with E-state index in [1.807, 2.05) is 20.0 Å². The Morgan fingerprint density at radius 1 is 1.30 bits per heavy atom. The molecule has 0 saturated carbocycles. The summed E-state index contributed by atoms with van der Waals surface area (Å²) >= 11 is 0. The lowest BCUT2D eigenvalue weighted by molar-refractivity contribution is -0.128. The van der Waals surface area contributed by atoms with Gasteiger partial charge in [-0.1, -0.05) is 44.2 Å². The molecule has 112 valence electrons. The molecule has 0 saturated heterocycles. The van der Waals surface area contributed by atoms with Crippen LogP contribution in [0.5, 0.6) is 0 Å². The van der Waals surface area contributed by atoms with Crippen molar-refractivity contribution in [2.24, 2.45) is 0 Å². The Morgan fingerprint density at radius 3 is 2.45 bits per heavy atom. The maximum atomic E-state index is 11.8. The van der Waals surface area contributed by atoms with Crippen molar-refractivity contribution in [3.63, 3.8) is 0 Å². The maximum Gasteiger partial charge on any atom is 0.236 e. The van der Waals surface area contributed by atoms with Crippen LogP contribution in [-0.4, -0.2) is 37.0 Å². The first-order valence-corrected chi connectivity index (χ1v) is 7.39. The van der Waals surface area contributed by atoms with Crippen LogP contribution in [0.15, 0.2) is 30.3 Å². The summed E-state index contributed by atoms with van der Waals surface area (Å²) in [5.74, 6) is 0.150. The molecule has 3 nitrogen and oxygen atoms in total. The zero-order valence-corrected chi connectivity index (χ0v) is 13.4. The molecule has 0 aliphatic heterocycles. The van der Waals surface area contributed by atoms with Crippen molar-refractivity contribution < 1.29 is 4.79 Å². The van der Waals surface area contributed by atoms with Gasteiger partial charge in [0.25, 0.3) is 0 Å². The highest BCUT2D eigenvalue weighted by atomic mass is 16.2. The molecule has 1 amide bonds. The van der Waals surface area contributed by atoms with Gasteiger partial charge in [-0.2, -0.15) is 0 Å². The molecule has 1 N–H and O–H groups in total. The molecule has 3 heteroatoms. The van der Waals surface area contributed by atoms with Crippen molar-refractivity contribution in [3.05, 3.63) is 35.9 Å². The fraction of sp³-hybridized carbons (Fsp3) is 0.588. The fourth-order valence-electron chi connectivity index (χ4n) is 2.42. The van der Waals surface area contributed by atoms with Crippen LogP contribution in [0, 0.1) is 0 Å². The molecule has 20 heavy (non-hydrogen) atoms. The van der Waals surface area contributed by atoms with Gasteiger partial charge >= 0.3 is 0 Å². The summed E-state index contributed by atoms with van der Waals surface area (Å²) in [4.78, 5) is 13.5. The molecule has 0 heterocycles. The Morgan fingerprint density at radius 2 is 1.90 bits per heavy atom. The molecular formula is C17H28N2O. The smallest absolute Gasteiger partial charge is 0.236 e. The van der Waals surface area contributed by atoms with Crippen LogP contribution in [-0.2, 0) is 10.2 Å². The third kappa shape index (κ3) is 4.97. The third-order valence-electron chi connectivity index (χ3n) is 3.87. The third-order valence-corrected chi connectivity index (χ3v) is 3.87. The molecular weight excluding hydrogens is 248 g/mol. The van der Waals surface area contributed by atoms with Crippen LogP contribution < -0.4 is 5.32 Å². The van der Waals surface area contributed by atoms with Crippen molar-refractivity contribution in [1.82, 2.24) is 10.2 Å². The van der Waals surface area contributed by atoms with Crippen LogP contribution in [0.4, 0.5) is 0 Å². The number of nitrogens with one attached hydrogen (secondary N) is 1. The van der Waals surface area contributed by atoms with Gasteiger partial charge in [0.1, 0.15) is 0 Å². The van der Waals surface area contributed by atoms with E-state index >= 15 is 0 Å². The molecule has 0 spiro atoms. The lowest BCUT2D eigenvalue weighted by atomic mass is 9.79. The Kier molecular flexibility index (Phi) is 6.21. The monoisotopic (exact) mass is 276 g/mol. The molecule has 1 rings (SSSR count). The zero-order chi connectivity index (χ0) is 15.2. The van der Waals surface area contributed by atoms with Crippen molar-refractivity contribution in [3.8, 4) is 0 Å². The van der Waals surface area contributed by atoms with Gasteiger partial charge in [-0.15, -0.1) is 0 Å². The van der Waals surface area contributed by atoms with E-state index < -0.39 is 0 Å². The van der Waals surface area contributed by atoms with Gasteiger partial charge in [0, 0.05) is 19.6 Å². The van der Waals surface area contributed by atoms with Gasteiger partial charge in [0.15, 0.2) is 0 Å². The van der Waals surface area contributed by atoms with Gasteiger partial charge in [-0.25, -0.2) is 0 Å². The first-order valence-electron chi connectivity index (χ1n) is 7.39. The van der Waals surface area contributed by atoms with Gasteiger partial charge < -0.3 is 10.2 Å². The highest BCUT2D eigenvalue weighted by molar-refractivity contribution is 5.77. The second kappa shape index (κ2) is 7.44. The molecule has 1 aromatic rings. The van der Waals surface area contributed by atoms with Crippen molar-refractivity contribution in [1.29, 1.82) is 0 Å². The maximum absolute atomic E-state index is 11.8. The van der Waals surface area contributed by atoms with Gasteiger partial charge in [-0.3, -0.25) is 4.79 Å². The number of carbonyl (C=O) groups excluding carboxylic acids is 1. The second-order valence-electron chi connectivity index (χ2n) is 6.14. The molecule has 0 bridgehead atoms. The van der Waals surface area contributed by atoms with Crippen LogP contribution in [0.1, 0.15) is 39.7 Å². The number of hydrogen-bond donors (Lipinski definition) is 1. The number of carbonyl (C=O) groups is 1. The molecule has 0 fully saturated rings. The number of benzene rings is 1. The number of nitrogens with zero attached hydrogens (tertiary/aromatic N) is 1. The average Bonchev–Trinajstić information content (AvgIpc) is 2.44. The molecule has 0 aliphatic carbocycles. The van der Waals surface area contributed by atoms with E-state index in [0.717, 1.165) is 13.0 Å². The van der Waals surface area contributed by atoms with Crippen LogP contribution in [0.25, 0.3) is 0 Å². The molecule has 0 radical (unpaired) electrons. The Bertz CT molecular complexity index is 414. The summed E-state index contributed by atoms with van der Waals surface area (Å²) in [5.41, 5.74) is 1.44. The minimum atomic E-state index is 0.105. The van der Waals surface area contributed by atoms with Crippen LogP contribution >= 0.6 is 0 Å². The minimum Gasteiger partial charge on any atom is -0.345 e. The fourth-order valence-corrected chi connectivity index (χ4v) is 2.42. The zero-order valence-electron chi connectivity index (χ0n) is 13.4. The minimum absolute atomic E-state index is 0.105. The highest BCUT2D eigenvalue weighted by Crippen LogP contribution is 2.27. The molecule has 1 aromatic carbocycles. The lowest BCUT2D eigenvalue weighted by Gasteiger charge is -2.29. The quantitative estimate of drug-likeness (QED) is 0.830. The van der Waals surface area contributed by atoms with E-state index in [0.29, 0.717) is 12.6 Å². The predicted molar refractivity (Wildman–Crippen MR) is 84.9 cm³/mol.